The maximum atomic E-state index is 12.7. The Kier molecular flexibility index (Phi) is 4.47. The Bertz CT molecular complexity index is 1020. The number of imide groups is 1. The van der Waals surface area contributed by atoms with Gasteiger partial charge in [-0.1, -0.05) is 48.0 Å². The molecular weight excluding hydrogens is 388 g/mol. The highest BCUT2D eigenvalue weighted by atomic mass is 35.5. The zero-order valence-corrected chi connectivity index (χ0v) is 16.3. The van der Waals surface area contributed by atoms with Crippen LogP contribution in [0.4, 0.5) is 0 Å². The van der Waals surface area contributed by atoms with Crippen molar-refractivity contribution in [3.05, 3.63) is 76.8 Å². The lowest BCUT2D eigenvalue weighted by Crippen LogP contribution is -2.28. The van der Waals surface area contributed by atoms with Gasteiger partial charge in [-0.15, -0.1) is 0 Å². The molecule has 6 heteroatoms. The molecule has 4 unspecified atom stereocenters. The molecule has 2 aromatic carbocycles. The maximum absolute atomic E-state index is 12.7. The van der Waals surface area contributed by atoms with Crippen LogP contribution in [0.2, 0.25) is 5.02 Å². The molecule has 0 spiro atoms. The number of rotatable bonds is 5. The molecule has 1 saturated carbocycles. The third kappa shape index (κ3) is 3.15. The van der Waals surface area contributed by atoms with Crippen LogP contribution in [-0.2, 0) is 16.2 Å². The molecule has 146 valence electrons. The average molecular weight is 407 g/mol. The van der Waals surface area contributed by atoms with Crippen molar-refractivity contribution in [3.8, 4) is 5.75 Å². The van der Waals surface area contributed by atoms with Gasteiger partial charge < -0.3 is 4.74 Å². The highest BCUT2D eigenvalue weighted by molar-refractivity contribution is 6.30. The first-order valence-corrected chi connectivity index (χ1v) is 10.1. The summed E-state index contributed by atoms with van der Waals surface area (Å²) in [4.78, 5) is 25.5. The zero-order chi connectivity index (χ0) is 20.0. The lowest BCUT2D eigenvalue weighted by atomic mass is 9.85. The van der Waals surface area contributed by atoms with Crippen LogP contribution in [0.3, 0.4) is 0 Å². The van der Waals surface area contributed by atoms with E-state index >= 15 is 0 Å². The monoisotopic (exact) mass is 406 g/mol. The van der Waals surface area contributed by atoms with E-state index in [0.717, 1.165) is 17.0 Å². The van der Waals surface area contributed by atoms with Gasteiger partial charge in [-0.3, -0.25) is 9.59 Å². The summed E-state index contributed by atoms with van der Waals surface area (Å²) in [5.41, 5.74) is 1.65. The SMILES string of the molecule is O=C1C2C3C=CC(C3)C2C(=O)N1/N=C/c1ccccc1OCc1cccc(Cl)c1. The van der Waals surface area contributed by atoms with E-state index in [1.165, 1.54) is 6.21 Å². The van der Waals surface area contributed by atoms with Gasteiger partial charge in [-0.05, 0) is 48.1 Å². The number of hydrogen-bond acceptors (Lipinski definition) is 4. The van der Waals surface area contributed by atoms with Crippen molar-refractivity contribution >= 4 is 29.6 Å². The third-order valence-corrected chi connectivity index (χ3v) is 6.20. The zero-order valence-electron chi connectivity index (χ0n) is 15.6. The fourth-order valence-electron chi connectivity index (χ4n) is 4.63. The Hall–Kier alpha value is -2.92. The molecule has 4 atom stereocenters. The number of halogens is 1. The molecule has 29 heavy (non-hydrogen) atoms. The fraction of sp³-hybridized carbons (Fsp3) is 0.261. The Morgan fingerprint density at radius 3 is 2.48 bits per heavy atom. The second-order valence-corrected chi connectivity index (χ2v) is 8.13. The largest absolute Gasteiger partial charge is 0.488 e. The summed E-state index contributed by atoms with van der Waals surface area (Å²) in [7, 11) is 0. The van der Waals surface area contributed by atoms with Crippen molar-refractivity contribution < 1.29 is 14.3 Å². The molecule has 2 aromatic rings. The molecule has 0 aromatic heterocycles. The van der Waals surface area contributed by atoms with Crippen molar-refractivity contribution in [2.75, 3.05) is 0 Å². The van der Waals surface area contributed by atoms with Gasteiger partial charge >= 0.3 is 0 Å². The highest BCUT2D eigenvalue weighted by Crippen LogP contribution is 2.52. The summed E-state index contributed by atoms with van der Waals surface area (Å²) in [6.45, 7) is 0.353. The minimum absolute atomic E-state index is 0.176. The Morgan fingerprint density at radius 1 is 1.03 bits per heavy atom. The lowest BCUT2D eigenvalue weighted by molar-refractivity contribution is -0.140. The van der Waals surface area contributed by atoms with E-state index in [0.29, 0.717) is 22.9 Å². The Morgan fingerprint density at radius 2 is 1.76 bits per heavy atom. The topological polar surface area (TPSA) is 59.0 Å². The van der Waals surface area contributed by atoms with Crippen molar-refractivity contribution in [3.63, 3.8) is 0 Å². The number of hydrazone groups is 1. The van der Waals surface area contributed by atoms with E-state index in [1.807, 2.05) is 48.5 Å². The minimum Gasteiger partial charge on any atom is -0.488 e. The summed E-state index contributed by atoms with van der Waals surface area (Å²) >= 11 is 6.02. The molecule has 0 radical (unpaired) electrons. The van der Waals surface area contributed by atoms with Crippen LogP contribution in [0.15, 0.2) is 65.8 Å². The second kappa shape index (κ2) is 7.16. The molecule has 2 fully saturated rings. The predicted molar refractivity (Wildman–Crippen MR) is 109 cm³/mol. The van der Waals surface area contributed by atoms with Gasteiger partial charge in [-0.2, -0.15) is 10.1 Å². The van der Waals surface area contributed by atoms with E-state index in [2.05, 4.69) is 17.3 Å². The molecule has 1 heterocycles. The van der Waals surface area contributed by atoms with Crippen molar-refractivity contribution in [1.82, 2.24) is 5.01 Å². The second-order valence-electron chi connectivity index (χ2n) is 7.69. The van der Waals surface area contributed by atoms with Crippen LogP contribution in [0, 0.1) is 23.7 Å². The predicted octanol–water partition coefficient (Wildman–Crippen LogP) is 4.06. The Balaban J connectivity index is 1.33. The van der Waals surface area contributed by atoms with Crippen LogP contribution in [0.5, 0.6) is 5.75 Å². The highest BCUT2D eigenvalue weighted by Gasteiger charge is 2.59. The summed E-state index contributed by atoms with van der Waals surface area (Å²) in [5.74, 6) is 0.103. The molecule has 5 nitrogen and oxygen atoms in total. The van der Waals surface area contributed by atoms with E-state index in [-0.39, 0.29) is 35.5 Å². The molecule has 2 aliphatic carbocycles. The average Bonchev–Trinajstić information content (AvgIpc) is 3.40. The van der Waals surface area contributed by atoms with Crippen LogP contribution >= 0.6 is 11.6 Å². The Labute approximate surface area is 173 Å². The molecule has 1 aliphatic heterocycles. The number of carbonyl (C=O) groups is 2. The summed E-state index contributed by atoms with van der Waals surface area (Å²) in [6.07, 6.45) is 6.58. The number of benzene rings is 2. The summed E-state index contributed by atoms with van der Waals surface area (Å²) in [6, 6.07) is 14.9. The van der Waals surface area contributed by atoms with E-state index < -0.39 is 0 Å². The normalized spacial score (nSPS) is 27.3. The first kappa shape index (κ1) is 18.1. The quantitative estimate of drug-likeness (QED) is 0.427. The first-order chi connectivity index (χ1) is 14.1. The fourth-order valence-corrected chi connectivity index (χ4v) is 4.84. The van der Waals surface area contributed by atoms with Gasteiger partial charge in [0.25, 0.3) is 11.8 Å². The molecular formula is C23H19ClN2O3. The number of carbonyl (C=O) groups excluding carboxylic acids is 2. The van der Waals surface area contributed by atoms with Gasteiger partial charge in [0.05, 0.1) is 18.1 Å². The first-order valence-electron chi connectivity index (χ1n) is 9.68. The molecule has 2 amide bonds. The van der Waals surface area contributed by atoms with Crippen LogP contribution in [-0.4, -0.2) is 23.0 Å². The molecule has 0 N–H and O–H groups in total. The lowest BCUT2D eigenvalue weighted by Gasteiger charge is -2.13. The number of hydrogen-bond donors (Lipinski definition) is 0. The standard InChI is InChI=1S/C23H19ClN2O3/c24-18-6-3-4-14(10-18)13-29-19-7-2-1-5-17(19)12-25-26-22(27)20-15-8-9-16(11-15)21(20)23(26)28/h1-10,12,15-16,20-21H,11,13H2/b25-12+. The van der Waals surface area contributed by atoms with Crippen LogP contribution in [0.1, 0.15) is 17.5 Å². The molecule has 2 bridgehead atoms. The maximum Gasteiger partial charge on any atom is 0.254 e. The van der Waals surface area contributed by atoms with Crippen LogP contribution < -0.4 is 4.74 Å². The number of ether oxygens (including phenoxy) is 1. The van der Waals surface area contributed by atoms with E-state index in [4.69, 9.17) is 16.3 Å². The number of para-hydroxylation sites is 1. The van der Waals surface area contributed by atoms with Gasteiger partial charge in [0.15, 0.2) is 0 Å². The number of amides is 2. The number of nitrogens with zero attached hydrogens (tertiary/aromatic N) is 2. The summed E-state index contributed by atoms with van der Waals surface area (Å²) in [5, 5.41) is 5.95. The molecule has 1 saturated heterocycles. The van der Waals surface area contributed by atoms with Crippen molar-refractivity contribution in [2.24, 2.45) is 28.8 Å². The molecule has 5 rings (SSSR count). The minimum atomic E-state index is -0.246. The summed E-state index contributed by atoms with van der Waals surface area (Å²) < 4.78 is 5.92. The number of allylic oxidation sites excluding steroid dienone is 2. The van der Waals surface area contributed by atoms with E-state index in [1.54, 1.807) is 0 Å². The smallest absolute Gasteiger partial charge is 0.254 e. The third-order valence-electron chi connectivity index (χ3n) is 5.96. The van der Waals surface area contributed by atoms with Crippen molar-refractivity contribution in [2.45, 2.75) is 13.0 Å². The van der Waals surface area contributed by atoms with Crippen LogP contribution in [0.25, 0.3) is 0 Å². The van der Waals surface area contributed by atoms with E-state index in [9.17, 15) is 9.59 Å². The van der Waals surface area contributed by atoms with Gasteiger partial charge in [0.1, 0.15) is 12.4 Å². The van der Waals surface area contributed by atoms with Gasteiger partial charge in [-0.25, -0.2) is 0 Å². The van der Waals surface area contributed by atoms with Gasteiger partial charge in [0, 0.05) is 10.6 Å². The molecule has 3 aliphatic rings. The van der Waals surface area contributed by atoms with Gasteiger partial charge in [0.2, 0.25) is 0 Å². The van der Waals surface area contributed by atoms with Crippen molar-refractivity contribution in [1.29, 1.82) is 0 Å². The number of fused-ring (bicyclic) bond motifs is 5.